The summed E-state index contributed by atoms with van der Waals surface area (Å²) in [5.74, 6) is 0. The van der Waals surface area contributed by atoms with Crippen LogP contribution >= 0.6 is 63.7 Å². The zero-order valence-corrected chi connectivity index (χ0v) is 15.2. The molecule has 0 aliphatic heterocycles. The number of rotatable bonds is 1. The van der Waals surface area contributed by atoms with Gasteiger partial charge in [-0.1, -0.05) is 63.7 Å². The van der Waals surface area contributed by atoms with Crippen molar-refractivity contribution in [2.75, 3.05) is 0 Å². The van der Waals surface area contributed by atoms with E-state index >= 15 is 0 Å². The van der Waals surface area contributed by atoms with Crippen LogP contribution in [0, 0.1) is 6.92 Å². The molecule has 2 aromatic rings. The molecule has 0 bridgehead atoms. The lowest BCUT2D eigenvalue weighted by Gasteiger charge is -2.08. The van der Waals surface area contributed by atoms with Crippen LogP contribution in [0.25, 0.3) is 11.1 Å². The Labute approximate surface area is 134 Å². The van der Waals surface area contributed by atoms with Gasteiger partial charge in [-0.15, -0.1) is 0 Å². The Morgan fingerprint density at radius 1 is 0.647 bits per heavy atom. The molecule has 0 aliphatic rings. The number of halogens is 4. The molecule has 0 saturated carbocycles. The minimum atomic E-state index is 1.06. The van der Waals surface area contributed by atoms with Gasteiger partial charge in [0.15, 0.2) is 0 Å². The molecule has 88 valence electrons. The zero-order valence-electron chi connectivity index (χ0n) is 8.90. The largest absolute Gasteiger partial charge is 0.0508 e. The lowest BCUT2D eigenvalue weighted by atomic mass is 10.0. The van der Waals surface area contributed by atoms with E-state index in [-0.39, 0.29) is 0 Å². The highest BCUT2D eigenvalue weighted by Crippen LogP contribution is 2.34. The molecule has 0 spiro atoms. The maximum Gasteiger partial charge on any atom is 0.0221 e. The van der Waals surface area contributed by atoms with E-state index in [0.29, 0.717) is 0 Å². The standard InChI is InChI=1S/C13H8Br4/c1-7-12(16)4-9(5-13(7)17)8-2-10(14)6-11(15)3-8/h2-6H,1H3. The topological polar surface area (TPSA) is 0 Å². The third-order valence-electron chi connectivity index (χ3n) is 2.48. The van der Waals surface area contributed by atoms with Crippen molar-refractivity contribution in [2.45, 2.75) is 6.92 Å². The fourth-order valence-electron chi connectivity index (χ4n) is 1.53. The van der Waals surface area contributed by atoms with Crippen LogP contribution in [-0.4, -0.2) is 0 Å². The molecule has 4 heteroatoms. The number of benzene rings is 2. The van der Waals surface area contributed by atoms with E-state index in [4.69, 9.17) is 0 Å². The summed E-state index contributed by atoms with van der Waals surface area (Å²) in [4.78, 5) is 0. The minimum Gasteiger partial charge on any atom is -0.0508 e. The summed E-state index contributed by atoms with van der Waals surface area (Å²) in [7, 11) is 0. The predicted molar refractivity (Wildman–Crippen MR) is 87.4 cm³/mol. The lowest BCUT2D eigenvalue weighted by molar-refractivity contribution is 1.39. The van der Waals surface area contributed by atoms with Crippen molar-refractivity contribution < 1.29 is 0 Å². The van der Waals surface area contributed by atoms with Gasteiger partial charge in [0.25, 0.3) is 0 Å². The molecule has 0 fully saturated rings. The predicted octanol–water partition coefficient (Wildman–Crippen LogP) is 6.71. The van der Waals surface area contributed by atoms with Gasteiger partial charge in [-0.25, -0.2) is 0 Å². The Morgan fingerprint density at radius 2 is 1.06 bits per heavy atom. The number of hydrogen-bond acceptors (Lipinski definition) is 0. The van der Waals surface area contributed by atoms with Gasteiger partial charge in [0.2, 0.25) is 0 Å². The highest BCUT2D eigenvalue weighted by atomic mass is 79.9. The van der Waals surface area contributed by atoms with Crippen molar-refractivity contribution in [2.24, 2.45) is 0 Å². The molecule has 0 heterocycles. The quantitative estimate of drug-likeness (QED) is 0.423. The molecule has 17 heavy (non-hydrogen) atoms. The second-order valence-corrected chi connectivity index (χ2v) is 7.26. The third-order valence-corrected chi connectivity index (χ3v) is 5.04. The van der Waals surface area contributed by atoms with E-state index in [1.165, 1.54) is 16.7 Å². The van der Waals surface area contributed by atoms with Crippen LogP contribution in [0.2, 0.25) is 0 Å². The molecule has 0 unspecified atom stereocenters. The number of hydrogen-bond donors (Lipinski definition) is 0. The van der Waals surface area contributed by atoms with E-state index in [9.17, 15) is 0 Å². The van der Waals surface area contributed by atoms with Crippen molar-refractivity contribution in [3.05, 3.63) is 53.8 Å². The molecule has 2 aromatic carbocycles. The fraction of sp³-hybridized carbons (Fsp3) is 0.0769. The van der Waals surface area contributed by atoms with Crippen LogP contribution in [0.1, 0.15) is 5.56 Å². The van der Waals surface area contributed by atoms with Crippen LogP contribution in [-0.2, 0) is 0 Å². The van der Waals surface area contributed by atoms with Gasteiger partial charge in [-0.3, -0.25) is 0 Å². The average molecular weight is 484 g/mol. The van der Waals surface area contributed by atoms with Gasteiger partial charge in [-0.2, -0.15) is 0 Å². The fourth-order valence-corrected chi connectivity index (χ4v) is 4.01. The summed E-state index contributed by atoms with van der Waals surface area (Å²) < 4.78 is 4.35. The van der Waals surface area contributed by atoms with Crippen molar-refractivity contribution in [1.29, 1.82) is 0 Å². The lowest BCUT2D eigenvalue weighted by Crippen LogP contribution is -1.84. The van der Waals surface area contributed by atoms with Crippen LogP contribution in [0.15, 0.2) is 48.2 Å². The van der Waals surface area contributed by atoms with Gasteiger partial charge in [-0.05, 0) is 53.9 Å². The maximum absolute atomic E-state index is 3.58. The molecule has 2 rings (SSSR count). The third kappa shape index (κ3) is 3.22. The first-order valence-corrected chi connectivity index (χ1v) is 8.06. The zero-order chi connectivity index (χ0) is 12.6. The molecule has 0 amide bonds. The van der Waals surface area contributed by atoms with Gasteiger partial charge in [0.1, 0.15) is 0 Å². The van der Waals surface area contributed by atoms with Crippen molar-refractivity contribution in [3.63, 3.8) is 0 Å². The summed E-state index contributed by atoms with van der Waals surface area (Å²) in [6.07, 6.45) is 0. The van der Waals surface area contributed by atoms with Crippen molar-refractivity contribution in [3.8, 4) is 11.1 Å². The first-order chi connectivity index (χ1) is 7.97. The molecular weight excluding hydrogens is 476 g/mol. The maximum atomic E-state index is 3.58. The van der Waals surface area contributed by atoms with E-state index in [1.54, 1.807) is 0 Å². The average Bonchev–Trinajstić information content (AvgIpc) is 2.23. The summed E-state index contributed by atoms with van der Waals surface area (Å²) in [5.41, 5.74) is 3.56. The van der Waals surface area contributed by atoms with Crippen LogP contribution in [0.4, 0.5) is 0 Å². The Morgan fingerprint density at radius 3 is 1.53 bits per heavy atom. The summed E-state index contributed by atoms with van der Waals surface area (Å²) in [6, 6.07) is 10.5. The minimum absolute atomic E-state index is 1.06. The molecule has 0 aromatic heterocycles. The molecule has 0 atom stereocenters. The first kappa shape index (κ1) is 13.8. The molecule has 0 aliphatic carbocycles. The van der Waals surface area contributed by atoms with Gasteiger partial charge in [0, 0.05) is 17.9 Å². The monoisotopic (exact) mass is 480 g/mol. The van der Waals surface area contributed by atoms with Crippen molar-refractivity contribution >= 4 is 63.7 Å². The van der Waals surface area contributed by atoms with Crippen LogP contribution < -0.4 is 0 Å². The molecule has 0 saturated heterocycles. The van der Waals surface area contributed by atoms with E-state index in [2.05, 4.69) is 94.9 Å². The summed E-state index contributed by atoms with van der Waals surface area (Å²) in [5, 5.41) is 0. The normalized spacial score (nSPS) is 10.6. The molecule has 0 N–H and O–H groups in total. The highest BCUT2D eigenvalue weighted by Gasteiger charge is 2.06. The second kappa shape index (κ2) is 5.55. The van der Waals surface area contributed by atoms with Gasteiger partial charge < -0.3 is 0 Å². The van der Waals surface area contributed by atoms with Crippen LogP contribution in [0.3, 0.4) is 0 Å². The Kier molecular flexibility index (Phi) is 4.50. The first-order valence-electron chi connectivity index (χ1n) is 4.89. The second-order valence-electron chi connectivity index (χ2n) is 3.72. The molecular formula is C13H8Br4. The molecule has 0 nitrogen and oxygen atoms in total. The van der Waals surface area contributed by atoms with E-state index in [1.807, 2.05) is 6.07 Å². The smallest absolute Gasteiger partial charge is 0.0221 e. The van der Waals surface area contributed by atoms with E-state index in [0.717, 1.165) is 17.9 Å². The highest BCUT2D eigenvalue weighted by molar-refractivity contribution is 9.11. The van der Waals surface area contributed by atoms with Gasteiger partial charge >= 0.3 is 0 Å². The molecule has 0 radical (unpaired) electrons. The summed E-state index contributed by atoms with van der Waals surface area (Å²) in [6.45, 7) is 2.08. The van der Waals surface area contributed by atoms with E-state index < -0.39 is 0 Å². The van der Waals surface area contributed by atoms with Crippen molar-refractivity contribution in [1.82, 2.24) is 0 Å². The SMILES string of the molecule is Cc1c(Br)cc(-c2cc(Br)cc(Br)c2)cc1Br. The Hall–Kier alpha value is 0.360. The van der Waals surface area contributed by atoms with Gasteiger partial charge in [0.05, 0.1) is 0 Å². The van der Waals surface area contributed by atoms with Crippen LogP contribution in [0.5, 0.6) is 0 Å². The Balaban J connectivity index is 2.60. The summed E-state index contributed by atoms with van der Waals surface area (Å²) >= 11 is 14.2. The Bertz CT molecular complexity index is 532.